The van der Waals surface area contributed by atoms with Crippen molar-refractivity contribution in [2.75, 3.05) is 19.5 Å². The van der Waals surface area contributed by atoms with Crippen LogP contribution >= 0.6 is 0 Å². The van der Waals surface area contributed by atoms with E-state index < -0.39 is 0 Å². The van der Waals surface area contributed by atoms with Crippen molar-refractivity contribution in [3.05, 3.63) is 63.9 Å². The maximum atomic E-state index is 12.9. The monoisotopic (exact) mass is 363 g/mol. The van der Waals surface area contributed by atoms with Crippen molar-refractivity contribution >= 4 is 11.5 Å². The minimum absolute atomic E-state index is 0.0804. The third-order valence-electron chi connectivity index (χ3n) is 5.76. The van der Waals surface area contributed by atoms with Gasteiger partial charge in [-0.3, -0.25) is 4.79 Å². The van der Waals surface area contributed by atoms with Gasteiger partial charge in [0.15, 0.2) is 17.3 Å². The Bertz CT molecular complexity index is 958. The zero-order valence-electron chi connectivity index (χ0n) is 16.3. The van der Waals surface area contributed by atoms with E-state index in [1.165, 1.54) is 11.1 Å². The molecule has 2 aliphatic rings. The maximum absolute atomic E-state index is 12.9. The third kappa shape index (κ3) is 2.89. The van der Waals surface area contributed by atoms with E-state index in [-0.39, 0.29) is 11.7 Å². The second kappa shape index (κ2) is 6.76. The number of nitrogens with one attached hydrogen (secondary N) is 1. The normalized spacial score (nSPS) is 18.5. The van der Waals surface area contributed by atoms with Gasteiger partial charge in [0, 0.05) is 35.4 Å². The molecule has 4 heteroatoms. The topological polar surface area (TPSA) is 47.6 Å². The number of aryl methyl sites for hydroxylation is 2. The van der Waals surface area contributed by atoms with E-state index in [2.05, 4.69) is 37.4 Å². The van der Waals surface area contributed by atoms with Gasteiger partial charge in [-0.1, -0.05) is 18.2 Å². The lowest BCUT2D eigenvalue weighted by Gasteiger charge is -2.34. The highest BCUT2D eigenvalue weighted by molar-refractivity contribution is 6.01. The number of ketones is 1. The lowest BCUT2D eigenvalue weighted by molar-refractivity contribution is -0.116. The molecule has 2 aromatic carbocycles. The molecular formula is C23H25NO3. The van der Waals surface area contributed by atoms with E-state index in [0.717, 1.165) is 40.9 Å². The van der Waals surface area contributed by atoms with Crippen LogP contribution in [0.2, 0.25) is 0 Å². The van der Waals surface area contributed by atoms with Crippen LogP contribution in [0.3, 0.4) is 0 Å². The molecule has 140 valence electrons. The number of benzene rings is 2. The summed E-state index contributed by atoms with van der Waals surface area (Å²) in [4.78, 5) is 12.9. The van der Waals surface area contributed by atoms with E-state index in [1.54, 1.807) is 14.2 Å². The Kier molecular flexibility index (Phi) is 4.42. The van der Waals surface area contributed by atoms with Gasteiger partial charge in [-0.15, -0.1) is 0 Å². The summed E-state index contributed by atoms with van der Waals surface area (Å²) in [6, 6.07) is 10.5. The van der Waals surface area contributed by atoms with Gasteiger partial charge in [0.25, 0.3) is 0 Å². The number of carbonyl (C=O) groups is 1. The fourth-order valence-electron chi connectivity index (χ4n) is 4.18. The van der Waals surface area contributed by atoms with E-state index in [1.807, 2.05) is 12.1 Å². The molecule has 1 aliphatic heterocycles. The fourth-order valence-corrected chi connectivity index (χ4v) is 4.18. The predicted molar refractivity (Wildman–Crippen MR) is 107 cm³/mol. The molecule has 0 spiro atoms. The predicted octanol–water partition coefficient (Wildman–Crippen LogP) is 4.89. The number of hydrogen-bond acceptors (Lipinski definition) is 4. The van der Waals surface area contributed by atoms with Crippen LogP contribution in [-0.2, 0) is 4.79 Å². The summed E-state index contributed by atoms with van der Waals surface area (Å²) in [6.45, 7) is 4.23. The van der Waals surface area contributed by atoms with E-state index in [9.17, 15) is 4.79 Å². The summed E-state index contributed by atoms with van der Waals surface area (Å²) in [6.07, 6.45) is 2.41. The highest BCUT2D eigenvalue weighted by Gasteiger charge is 2.36. The summed E-state index contributed by atoms with van der Waals surface area (Å²) in [5.74, 6) is 1.53. The molecule has 4 nitrogen and oxygen atoms in total. The maximum Gasteiger partial charge on any atom is 0.162 e. The molecule has 0 bridgehead atoms. The largest absolute Gasteiger partial charge is 0.493 e. The highest BCUT2D eigenvalue weighted by Crippen LogP contribution is 2.48. The Labute approximate surface area is 160 Å². The van der Waals surface area contributed by atoms with Gasteiger partial charge < -0.3 is 14.8 Å². The summed E-state index contributed by atoms with van der Waals surface area (Å²) in [5.41, 5.74) is 7.64. The van der Waals surface area contributed by atoms with Crippen LogP contribution in [0.5, 0.6) is 11.5 Å². The molecule has 0 radical (unpaired) electrons. The van der Waals surface area contributed by atoms with Crippen LogP contribution in [0.15, 0.2) is 41.6 Å². The van der Waals surface area contributed by atoms with Gasteiger partial charge in [-0.2, -0.15) is 0 Å². The number of allylic oxidation sites excluding steroid dienone is 2. The first-order valence-corrected chi connectivity index (χ1v) is 9.39. The Balaban J connectivity index is 1.96. The molecule has 4 rings (SSSR count). The van der Waals surface area contributed by atoms with Crippen molar-refractivity contribution in [1.29, 1.82) is 0 Å². The number of ether oxygens (including phenoxy) is 2. The van der Waals surface area contributed by atoms with Gasteiger partial charge in [0.1, 0.15) is 0 Å². The van der Waals surface area contributed by atoms with Gasteiger partial charge in [0.2, 0.25) is 0 Å². The Morgan fingerprint density at radius 1 is 0.963 bits per heavy atom. The van der Waals surface area contributed by atoms with Crippen molar-refractivity contribution in [3.8, 4) is 11.5 Å². The molecule has 0 unspecified atom stereocenters. The molecule has 0 saturated heterocycles. The first-order valence-electron chi connectivity index (χ1n) is 9.39. The summed E-state index contributed by atoms with van der Waals surface area (Å²) in [7, 11) is 3.28. The number of hydrogen-bond donors (Lipinski definition) is 1. The number of Topliss-reactive ketones (excluding diaryl/α,β-unsaturated/α-hetero) is 1. The van der Waals surface area contributed by atoms with E-state index in [4.69, 9.17) is 9.47 Å². The summed E-state index contributed by atoms with van der Waals surface area (Å²) >= 11 is 0. The highest BCUT2D eigenvalue weighted by atomic mass is 16.5. The Morgan fingerprint density at radius 3 is 2.41 bits per heavy atom. The van der Waals surface area contributed by atoms with Crippen LogP contribution in [0, 0.1) is 13.8 Å². The lowest BCUT2D eigenvalue weighted by atomic mass is 9.75. The summed E-state index contributed by atoms with van der Waals surface area (Å²) in [5, 5.41) is 3.50. The molecule has 0 saturated carbocycles. The molecule has 0 amide bonds. The summed E-state index contributed by atoms with van der Waals surface area (Å²) < 4.78 is 11.0. The SMILES string of the molecule is COc1cc2c(cc1OC)[C@@H](c1ccc(C)c(C)c1)C1=C(CCCC1=O)N2. The van der Waals surface area contributed by atoms with E-state index >= 15 is 0 Å². The average Bonchev–Trinajstić information content (AvgIpc) is 2.67. The number of anilines is 1. The van der Waals surface area contributed by atoms with Crippen molar-refractivity contribution < 1.29 is 14.3 Å². The third-order valence-corrected chi connectivity index (χ3v) is 5.76. The minimum atomic E-state index is -0.0804. The number of fused-ring (bicyclic) bond motifs is 1. The number of carbonyl (C=O) groups excluding carboxylic acids is 1. The zero-order valence-corrected chi connectivity index (χ0v) is 16.3. The number of rotatable bonds is 3. The zero-order chi connectivity index (χ0) is 19.1. The molecule has 1 atom stereocenters. The first-order chi connectivity index (χ1) is 13.0. The molecule has 2 aromatic rings. The van der Waals surface area contributed by atoms with Crippen LogP contribution in [0.4, 0.5) is 5.69 Å². The molecule has 1 heterocycles. The molecule has 0 fully saturated rings. The first kappa shape index (κ1) is 17.7. The molecule has 27 heavy (non-hydrogen) atoms. The minimum Gasteiger partial charge on any atom is -0.493 e. The lowest BCUT2D eigenvalue weighted by Crippen LogP contribution is -2.27. The molecule has 1 N–H and O–H groups in total. The second-order valence-corrected chi connectivity index (χ2v) is 7.37. The van der Waals surface area contributed by atoms with Gasteiger partial charge in [0.05, 0.1) is 14.2 Å². The average molecular weight is 363 g/mol. The standard InChI is InChI=1S/C23H25NO3/c1-13-8-9-15(10-14(13)2)22-16-11-20(26-3)21(27-4)12-18(16)24-17-6-5-7-19(25)23(17)22/h8-12,22,24H,5-7H2,1-4H3/t22-/m1/s1. The number of methoxy groups -OCH3 is 2. The fraction of sp³-hybridized carbons (Fsp3) is 0.348. The molecular weight excluding hydrogens is 338 g/mol. The van der Waals surface area contributed by atoms with Crippen LogP contribution in [-0.4, -0.2) is 20.0 Å². The molecule has 1 aliphatic carbocycles. The van der Waals surface area contributed by atoms with Crippen molar-refractivity contribution in [1.82, 2.24) is 0 Å². The molecule has 0 aromatic heterocycles. The van der Waals surface area contributed by atoms with Crippen LogP contribution < -0.4 is 14.8 Å². The van der Waals surface area contributed by atoms with Crippen molar-refractivity contribution in [3.63, 3.8) is 0 Å². The van der Waals surface area contributed by atoms with Gasteiger partial charge in [-0.05, 0) is 55.0 Å². The van der Waals surface area contributed by atoms with E-state index in [0.29, 0.717) is 17.9 Å². The van der Waals surface area contributed by atoms with Gasteiger partial charge >= 0.3 is 0 Å². The van der Waals surface area contributed by atoms with Crippen molar-refractivity contribution in [2.45, 2.75) is 39.0 Å². The second-order valence-electron chi connectivity index (χ2n) is 7.37. The van der Waals surface area contributed by atoms with Crippen LogP contribution in [0.25, 0.3) is 0 Å². The smallest absolute Gasteiger partial charge is 0.162 e. The Hall–Kier alpha value is -2.75. The van der Waals surface area contributed by atoms with Gasteiger partial charge in [-0.25, -0.2) is 0 Å². The Morgan fingerprint density at radius 2 is 1.70 bits per heavy atom. The van der Waals surface area contributed by atoms with Crippen molar-refractivity contribution in [2.24, 2.45) is 0 Å². The van der Waals surface area contributed by atoms with Crippen LogP contribution in [0.1, 0.15) is 47.4 Å². The quantitative estimate of drug-likeness (QED) is 0.844.